The lowest BCUT2D eigenvalue weighted by molar-refractivity contribution is 0.372. The number of benzene rings is 4. The average Bonchev–Trinajstić information content (AvgIpc) is 2.46. The van der Waals surface area contributed by atoms with Gasteiger partial charge in [-0.05, 0) is 33.2 Å². The zero-order valence-electron chi connectivity index (χ0n) is 11.5. The van der Waals surface area contributed by atoms with Crippen molar-refractivity contribution < 1.29 is 19.5 Å². The molecule has 0 aliphatic heterocycles. The molecule has 110 valence electrons. The first-order valence-corrected chi connectivity index (χ1v) is 8.67. The van der Waals surface area contributed by atoms with Crippen LogP contribution >= 0.6 is 7.60 Å². The van der Waals surface area contributed by atoms with E-state index in [9.17, 15) is 19.5 Å². The molecule has 0 saturated carbocycles. The van der Waals surface area contributed by atoms with Gasteiger partial charge in [0.2, 0.25) is 0 Å². The molecule has 4 nitrogen and oxygen atoms in total. The Morgan fingerprint density at radius 3 is 2.36 bits per heavy atom. The summed E-state index contributed by atoms with van der Waals surface area (Å²) < 4.78 is 11.4. The summed E-state index contributed by atoms with van der Waals surface area (Å²) in [5.74, 6) is 0.216. The van der Waals surface area contributed by atoms with E-state index in [0.29, 0.717) is 5.56 Å². The molecular weight excluding hydrogens is 299 g/mol. The van der Waals surface area contributed by atoms with Gasteiger partial charge in [0.15, 0.2) is 0 Å². The zero-order chi connectivity index (χ0) is 15.5. The van der Waals surface area contributed by atoms with Crippen LogP contribution in [-0.4, -0.2) is 14.9 Å². The van der Waals surface area contributed by atoms with Crippen LogP contribution in [0.15, 0.2) is 48.5 Å². The maximum absolute atomic E-state index is 11.4. The van der Waals surface area contributed by atoms with Crippen molar-refractivity contribution in [2.24, 2.45) is 0 Å². The molecule has 4 aromatic rings. The maximum atomic E-state index is 11.4. The number of hydrogen-bond acceptors (Lipinski definition) is 2. The van der Waals surface area contributed by atoms with Crippen molar-refractivity contribution in [3.8, 4) is 5.75 Å². The first-order valence-electron chi connectivity index (χ1n) is 6.87. The van der Waals surface area contributed by atoms with Crippen LogP contribution in [0.3, 0.4) is 0 Å². The molecule has 0 bridgehead atoms. The second kappa shape index (κ2) is 4.43. The second-order valence-corrected chi connectivity index (χ2v) is 7.20. The highest BCUT2D eigenvalue weighted by atomic mass is 31.2. The summed E-state index contributed by atoms with van der Waals surface area (Å²) in [6, 6.07) is 14.8. The lowest BCUT2D eigenvalue weighted by Crippen LogP contribution is -1.92. The Labute approximate surface area is 126 Å². The normalized spacial score (nSPS) is 12.6. The summed E-state index contributed by atoms with van der Waals surface area (Å²) in [6.45, 7) is 0. The van der Waals surface area contributed by atoms with Crippen molar-refractivity contribution in [3.63, 3.8) is 0 Å². The Balaban J connectivity index is 2.20. The molecule has 0 amide bonds. The van der Waals surface area contributed by atoms with Gasteiger partial charge in [0.1, 0.15) is 5.75 Å². The van der Waals surface area contributed by atoms with Crippen LogP contribution in [-0.2, 0) is 10.7 Å². The van der Waals surface area contributed by atoms with Crippen LogP contribution in [0.1, 0.15) is 5.56 Å². The van der Waals surface area contributed by atoms with Crippen LogP contribution in [0.2, 0.25) is 0 Å². The molecule has 4 aromatic carbocycles. The number of rotatable bonds is 2. The van der Waals surface area contributed by atoms with Gasteiger partial charge in [-0.15, -0.1) is 0 Å². The third-order valence-corrected chi connectivity index (χ3v) is 4.84. The third-order valence-electron chi connectivity index (χ3n) is 4.09. The molecule has 4 rings (SSSR count). The van der Waals surface area contributed by atoms with E-state index < -0.39 is 7.60 Å². The minimum atomic E-state index is -4.14. The largest absolute Gasteiger partial charge is 0.507 e. The highest BCUT2D eigenvalue weighted by molar-refractivity contribution is 7.50. The Morgan fingerprint density at radius 2 is 1.59 bits per heavy atom. The summed E-state index contributed by atoms with van der Waals surface area (Å²) in [5.41, 5.74) is 0.624. The van der Waals surface area contributed by atoms with Gasteiger partial charge in [0.05, 0.1) is 6.16 Å². The van der Waals surface area contributed by atoms with Crippen LogP contribution in [0.25, 0.3) is 32.3 Å². The van der Waals surface area contributed by atoms with Gasteiger partial charge >= 0.3 is 7.60 Å². The summed E-state index contributed by atoms with van der Waals surface area (Å²) in [7, 11) is -4.14. The smallest absolute Gasteiger partial charge is 0.329 e. The summed E-state index contributed by atoms with van der Waals surface area (Å²) in [4.78, 5) is 18.6. The second-order valence-electron chi connectivity index (χ2n) is 5.56. The predicted octanol–water partition coefficient (Wildman–Crippen LogP) is 3.97. The monoisotopic (exact) mass is 312 g/mol. The van der Waals surface area contributed by atoms with E-state index in [0.717, 1.165) is 32.3 Å². The fourth-order valence-electron chi connectivity index (χ4n) is 3.23. The Hall–Kier alpha value is -2.13. The molecule has 0 fully saturated rings. The predicted molar refractivity (Wildman–Crippen MR) is 87.6 cm³/mol. The summed E-state index contributed by atoms with van der Waals surface area (Å²) in [6.07, 6.45) is -0.285. The molecule has 0 saturated heterocycles. The van der Waals surface area contributed by atoms with Gasteiger partial charge in [-0.2, -0.15) is 0 Å². The van der Waals surface area contributed by atoms with E-state index in [-0.39, 0.29) is 11.9 Å². The van der Waals surface area contributed by atoms with Gasteiger partial charge in [0.25, 0.3) is 0 Å². The van der Waals surface area contributed by atoms with Crippen molar-refractivity contribution in [2.75, 3.05) is 0 Å². The molecule has 0 aromatic heterocycles. The van der Waals surface area contributed by atoms with Crippen molar-refractivity contribution in [1.82, 2.24) is 0 Å². The quantitative estimate of drug-likeness (QED) is 0.386. The summed E-state index contributed by atoms with van der Waals surface area (Å²) >= 11 is 0. The van der Waals surface area contributed by atoms with Crippen LogP contribution in [0, 0.1) is 0 Å². The van der Waals surface area contributed by atoms with Gasteiger partial charge in [-0.3, -0.25) is 4.57 Å². The SMILES string of the molecule is O=P(O)(O)Cc1ccc2cc(O)c3cccc4ccc1c2c43. The number of phenols is 1. The standard InChI is InChI=1S/C17H13O4P/c18-15-8-11-4-5-12(9-22(19,20)21)13-7-6-10-2-1-3-14(15)16(10)17(11)13/h1-8,18H,9H2,(H2,19,20,21). The molecule has 0 heterocycles. The molecular formula is C17H13O4P. The van der Waals surface area contributed by atoms with E-state index in [4.69, 9.17) is 0 Å². The fourth-order valence-corrected chi connectivity index (χ4v) is 3.95. The fraction of sp³-hybridized carbons (Fsp3) is 0.0588. The van der Waals surface area contributed by atoms with Crippen LogP contribution in [0.4, 0.5) is 0 Å². The van der Waals surface area contributed by atoms with Crippen molar-refractivity contribution in [1.29, 1.82) is 0 Å². The minimum Gasteiger partial charge on any atom is -0.507 e. The minimum absolute atomic E-state index is 0.216. The lowest BCUT2D eigenvalue weighted by Gasteiger charge is -2.15. The van der Waals surface area contributed by atoms with E-state index in [1.54, 1.807) is 18.2 Å². The molecule has 0 unspecified atom stereocenters. The van der Waals surface area contributed by atoms with E-state index in [1.165, 1.54) is 0 Å². The molecule has 5 heteroatoms. The molecule has 0 aliphatic carbocycles. The molecule has 3 N–H and O–H groups in total. The highest BCUT2D eigenvalue weighted by Crippen LogP contribution is 2.44. The topological polar surface area (TPSA) is 77.8 Å². The van der Waals surface area contributed by atoms with Crippen LogP contribution < -0.4 is 0 Å². The number of aromatic hydroxyl groups is 1. The highest BCUT2D eigenvalue weighted by Gasteiger charge is 2.18. The molecule has 0 radical (unpaired) electrons. The first-order chi connectivity index (χ1) is 10.4. The number of phenolic OH excluding ortho intramolecular Hbond substituents is 1. The molecule has 0 atom stereocenters. The van der Waals surface area contributed by atoms with Gasteiger partial charge in [-0.1, -0.05) is 42.5 Å². The third kappa shape index (κ3) is 1.97. The van der Waals surface area contributed by atoms with E-state index >= 15 is 0 Å². The lowest BCUT2D eigenvalue weighted by atomic mass is 9.92. The van der Waals surface area contributed by atoms with Crippen molar-refractivity contribution in [3.05, 3.63) is 54.1 Å². The Kier molecular flexibility index (Phi) is 2.73. The van der Waals surface area contributed by atoms with Crippen LogP contribution in [0.5, 0.6) is 5.75 Å². The van der Waals surface area contributed by atoms with Gasteiger partial charge in [-0.25, -0.2) is 0 Å². The number of hydrogen-bond donors (Lipinski definition) is 3. The van der Waals surface area contributed by atoms with E-state index in [1.807, 2.05) is 30.3 Å². The maximum Gasteiger partial charge on any atom is 0.329 e. The van der Waals surface area contributed by atoms with Crippen molar-refractivity contribution in [2.45, 2.75) is 6.16 Å². The zero-order valence-corrected chi connectivity index (χ0v) is 12.4. The Morgan fingerprint density at radius 1 is 0.864 bits per heavy atom. The van der Waals surface area contributed by atoms with E-state index in [2.05, 4.69) is 0 Å². The Bertz CT molecular complexity index is 1060. The van der Waals surface area contributed by atoms with Gasteiger partial charge < -0.3 is 14.9 Å². The van der Waals surface area contributed by atoms with Crippen molar-refractivity contribution >= 4 is 39.9 Å². The molecule has 22 heavy (non-hydrogen) atoms. The van der Waals surface area contributed by atoms with Gasteiger partial charge in [0, 0.05) is 10.8 Å². The average molecular weight is 312 g/mol. The first kappa shape index (κ1) is 13.5. The molecule has 0 spiro atoms. The summed E-state index contributed by atoms with van der Waals surface area (Å²) in [5, 5.41) is 15.5. The molecule has 0 aliphatic rings.